The summed E-state index contributed by atoms with van der Waals surface area (Å²) in [7, 11) is 0. The number of hydrogen-bond donors (Lipinski definition) is 2. The van der Waals surface area contributed by atoms with Crippen molar-refractivity contribution in [3.8, 4) is 0 Å². The Morgan fingerprint density at radius 1 is 1.19 bits per heavy atom. The molecule has 2 aromatic carbocycles. The Bertz CT molecular complexity index is 745. The maximum absolute atomic E-state index is 13.1. The van der Waals surface area contributed by atoms with Crippen LogP contribution in [0.15, 0.2) is 48.5 Å². The Hall–Kier alpha value is -2.40. The number of nitrogens with zero attached hydrogens (tertiary/aromatic N) is 1. The number of anilines is 1. The molecule has 0 spiro atoms. The number of urea groups is 1. The van der Waals surface area contributed by atoms with Gasteiger partial charge in [0, 0.05) is 24.8 Å². The fourth-order valence-corrected chi connectivity index (χ4v) is 3.62. The summed E-state index contributed by atoms with van der Waals surface area (Å²) in [5.74, 6) is 0.219. The molecule has 0 aliphatic carbocycles. The van der Waals surface area contributed by atoms with E-state index < -0.39 is 0 Å². The van der Waals surface area contributed by atoms with E-state index in [0.717, 1.165) is 37.2 Å². The van der Waals surface area contributed by atoms with Crippen LogP contribution in [-0.4, -0.2) is 30.6 Å². The van der Waals surface area contributed by atoms with Gasteiger partial charge in [-0.05, 0) is 69.0 Å². The molecule has 2 amide bonds. The number of hydrogen-bond acceptors (Lipinski definition) is 2. The van der Waals surface area contributed by atoms with Crippen molar-refractivity contribution in [2.75, 3.05) is 25.0 Å². The number of rotatable bonds is 5. The molecule has 2 unspecified atom stereocenters. The number of aryl methyl sites for hydroxylation is 1. The number of piperidine rings is 1. The Morgan fingerprint density at radius 3 is 2.59 bits per heavy atom. The van der Waals surface area contributed by atoms with E-state index in [1.54, 1.807) is 0 Å². The third-order valence-corrected chi connectivity index (χ3v) is 5.31. The largest absolute Gasteiger partial charge is 0.338 e. The highest BCUT2D eigenvalue weighted by Gasteiger charge is 2.24. The van der Waals surface area contributed by atoms with E-state index >= 15 is 0 Å². The highest BCUT2D eigenvalue weighted by atomic mass is 19.1. The van der Waals surface area contributed by atoms with Crippen LogP contribution in [0.5, 0.6) is 0 Å². The molecule has 5 heteroatoms. The maximum Gasteiger partial charge on any atom is 0.319 e. The Balaban J connectivity index is 1.48. The molecule has 2 aromatic rings. The summed E-state index contributed by atoms with van der Waals surface area (Å²) in [6, 6.07) is 14.6. The zero-order valence-corrected chi connectivity index (χ0v) is 16.0. The average molecular weight is 369 g/mol. The predicted molar refractivity (Wildman–Crippen MR) is 107 cm³/mol. The van der Waals surface area contributed by atoms with Gasteiger partial charge in [-0.2, -0.15) is 0 Å². The van der Waals surface area contributed by atoms with E-state index in [4.69, 9.17) is 0 Å². The molecule has 1 saturated heterocycles. The van der Waals surface area contributed by atoms with Crippen molar-refractivity contribution in [1.29, 1.82) is 0 Å². The Kier molecular flexibility index (Phi) is 6.45. The normalized spacial score (nSPS) is 18.7. The van der Waals surface area contributed by atoms with E-state index in [1.807, 2.05) is 43.3 Å². The summed E-state index contributed by atoms with van der Waals surface area (Å²) in [4.78, 5) is 14.6. The molecule has 1 aliphatic heterocycles. The summed E-state index contributed by atoms with van der Waals surface area (Å²) < 4.78 is 13.1. The summed E-state index contributed by atoms with van der Waals surface area (Å²) >= 11 is 0. The quantitative estimate of drug-likeness (QED) is 0.800. The van der Waals surface area contributed by atoms with Gasteiger partial charge in [-0.25, -0.2) is 9.18 Å². The van der Waals surface area contributed by atoms with Gasteiger partial charge in [-0.15, -0.1) is 0 Å². The van der Waals surface area contributed by atoms with E-state index in [-0.39, 0.29) is 17.9 Å². The second kappa shape index (κ2) is 9.00. The van der Waals surface area contributed by atoms with Gasteiger partial charge < -0.3 is 10.6 Å². The molecule has 0 aromatic heterocycles. The molecule has 144 valence electrons. The molecule has 0 radical (unpaired) electrons. The first kappa shape index (κ1) is 19.4. The molecule has 0 bridgehead atoms. The van der Waals surface area contributed by atoms with Crippen molar-refractivity contribution in [2.24, 2.45) is 5.92 Å². The van der Waals surface area contributed by atoms with Crippen molar-refractivity contribution in [1.82, 2.24) is 10.2 Å². The van der Waals surface area contributed by atoms with E-state index in [9.17, 15) is 9.18 Å². The molecule has 4 nitrogen and oxygen atoms in total. The minimum atomic E-state index is -0.203. The van der Waals surface area contributed by atoms with Gasteiger partial charge in [-0.1, -0.05) is 29.8 Å². The molecule has 2 atom stereocenters. The zero-order chi connectivity index (χ0) is 19.2. The first-order valence-electron chi connectivity index (χ1n) is 9.62. The lowest BCUT2D eigenvalue weighted by Crippen LogP contribution is -2.42. The number of nitrogens with one attached hydrogen (secondary N) is 2. The van der Waals surface area contributed by atoms with Crippen LogP contribution in [0.25, 0.3) is 0 Å². The fraction of sp³-hybridized carbons (Fsp3) is 0.409. The van der Waals surface area contributed by atoms with Crippen molar-refractivity contribution in [2.45, 2.75) is 32.7 Å². The van der Waals surface area contributed by atoms with Crippen LogP contribution in [0, 0.1) is 18.7 Å². The first-order valence-corrected chi connectivity index (χ1v) is 9.62. The van der Waals surface area contributed by atoms with Crippen molar-refractivity contribution in [3.05, 3.63) is 65.5 Å². The second-order valence-corrected chi connectivity index (χ2v) is 7.43. The van der Waals surface area contributed by atoms with Gasteiger partial charge in [0.2, 0.25) is 0 Å². The number of benzene rings is 2. The number of carbonyl (C=O) groups is 1. The standard InChI is InChI=1S/C22H28FN3O/c1-16-5-11-21(12-6-16)25-22(27)24-14-18-4-3-13-26(15-18)17(2)19-7-9-20(23)10-8-19/h5-12,17-18H,3-4,13-15H2,1-2H3,(H2,24,25,27). The lowest BCUT2D eigenvalue weighted by Gasteiger charge is -2.37. The van der Waals surface area contributed by atoms with Gasteiger partial charge in [0.15, 0.2) is 0 Å². The topological polar surface area (TPSA) is 44.4 Å². The average Bonchev–Trinajstić information content (AvgIpc) is 2.68. The van der Waals surface area contributed by atoms with Crippen LogP contribution in [0.2, 0.25) is 0 Å². The van der Waals surface area contributed by atoms with E-state index in [0.29, 0.717) is 12.5 Å². The van der Waals surface area contributed by atoms with Crippen molar-refractivity contribution in [3.63, 3.8) is 0 Å². The maximum atomic E-state index is 13.1. The molecular formula is C22H28FN3O. The minimum absolute atomic E-state index is 0.164. The second-order valence-electron chi connectivity index (χ2n) is 7.43. The fourth-order valence-electron chi connectivity index (χ4n) is 3.62. The van der Waals surface area contributed by atoms with Gasteiger partial charge >= 0.3 is 6.03 Å². The monoisotopic (exact) mass is 369 g/mol. The van der Waals surface area contributed by atoms with Gasteiger partial charge in [0.25, 0.3) is 0 Å². The smallest absolute Gasteiger partial charge is 0.319 e. The van der Waals surface area contributed by atoms with Gasteiger partial charge in [0.05, 0.1) is 0 Å². The predicted octanol–water partition coefficient (Wildman–Crippen LogP) is 4.73. The van der Waals surface area contributed by atoms with E-state index in [1.165, 1.54) is 17.7 Å². The van der Waals surface area contributed by atoms with E-state index in [2.05, 4.69) is 22.5 Å². The third-order valence-electron chi connectivity index (χ3n) is 5.31. The Morgan fingerprint density at radius 2 is 1.89 bits per heavy atom. The lowest BCUT2D eigenvalue weighted by atomic mass is 9.95. The molecule has 3 rings (SSSR count). The summed E-state index contributed by atoms with van der Waals surface area (Å²) in [5, 5.41) is 5.87. The molecule has 0 saturated carbocycles. The minimum Gasteiger partial charge on any atom is -0.338 e. The van der Waals surface area contributed by atoms with Crippen LogP contribution in [0.1, 0.15) is 36.9 Å². The van der Waals surface area contributed by atoms with Crippen molar-refractivity contribution >= 4 is 11.7 Å². The van der Waals surface area contributed by atoms with Gasteiger partial charge in [-0.3, -0.25) is 4.90 Å². The highest BCUT2D eigenvalue weighted by molar-refractivity contribution is 5.89. The zero-order valence-electron chi connectivity index (χ0n) is 16.0. The van der Waals surface area contributed by atoms with Crippen LogP contribution >= 0.6 is 0 Å². The molecule has 2 N–H and O–H groups in total. The number of halogens is 1. The third kappa shape index (κ3) is 5.54. The summed E-state index contributed by atoms with van der Waals surface area (Å²) in [6.45, 7) is 6.80. The SMILES string of the molecule is Cc1ccc(NC(=O)NCC2CCCN(C(C)c3ccc(F)cc3)C2)cc1. The number of likely N-dealkylation sites (tertiary alicyclic amines) is 1. The first-order chi connectivity index (χ1) is 13.0. The van der Waals surface area contributed by atoms with Crippen LogP contribution in [0.4, 0.5) is 14.9 Å². The van der Waals surface area contributed by atoms with Crippen molar-refractivity contribution < 1.29 is 9.18 Å². The molecule has 27 heavy (non-hydrogen) atoms. The Labute approximate surface area is 160 Å². The molecular weight excluding hydrogens is 341 g/mol. The van der Waals surface area contributed by atoms with Crippen LogP contribution < -0.4 is 10.6 Å². The highest BCUT2D eigenvalue weighted by Crippen LogP contribution is 2.26. The number of carbonyl (C=O) groups excluding carboxylic acids is 1. The molecule has 1 aliphatic rings. The molecule has 1 fully saturated rings. The number of amides is 2. The van der Waals surface area contributed by atoms with Crippen LogP contribution in [-0.2, 0) is 0 Å². The summed E-state index contributed by atoms with van der Waals surface area (Å²) in [6.07, 6.45) is 2.22. The van der Waals surface area contributed by atoms with Crippen LogP contribution in [0.3, 0.4) is 0 Å². The lowest BCUT2D eigenvalue weighted by molar-refractivity contribution is 0.131. The molecule has 1 heterocycles. The van der Waals surface area contributed by atoms with Gasteiger partial charge in [0.1, 0.15) is 5.82 Å². The summed E-state index contributed by atoms with van der Waals surface area (Å²) in [5.41, 5.74) is 3.09.